The average Bonchev–Trinajstić information content (AvgIpc) is 2.76. The third kappa shape index (κ3) is 5.90. The van der Waals surface area contributed by atoms with Crippen LogP contribution in [0.4, 0.5) is 5.69 Å². The predicted molar refractivity (Wildman–Crippen MR) is 113 cm³/mol. The molecule has 0 bridgehead atoms. The number of nitrogens with one attached hydrogen (secondary N) is 1. The second kappa shape index (κ2) is 10.5. The number of benzene rings is 2. The predicted octanol–water partition coefficient (Wildman–Crippen LogP) is 3.56. The van der Waals surface area contributed by atoms with E-state index in [4.69, 9.17) is 9.47 Å². The van der Waals surface area contributed by atoms with Gasteiger partial charge in [0.2, 0.25) is 0 Å². The molecule has 0 fully saturated rings. The first-order valence-corrected chi connectivity index (χ1v) is 9.36. The number of nitro groups is 1. The molecule has 0 radical (unpaired) electrons. The third-order valence-corrected chi connectivity index (χ3v) is 4.24. The van der Waals surface area contributed by atoms with Gasteiger partial charge in [-0.05, 0) is 43.2 Å². The summed E-state index contributed by atoms with van der Waals surface area (Å²) in [6, 6.07) is 10.4. The second-order valence-electron chi connectivity index (χ2n) is 6.48. The molecule has 0 saturated carbocycles. The van der Waals surface area contributed by atoms with Crippen molar-refractivity contribution in [1.29, 1.82) is 5.26 Å². The largest absolute Gasteiger partial charge is 0.493 e. The highest BCUT2D eigenvalue weighted by Crippen LogP contribution is 2.30. The first-order chi connectivity index (χ1) is 14.8. The van der Waals surface area contributed by atoms with E-state index in [-0.39, 0.29) is 28.3 Å². The minimum atomic E-state index is -0.790. The van der Waals surface area contributed by atoms with Crippen molar-refractivity contribution < 1.29 is 24.0 Å². The van der Waals surface area contributed by atoms with Gasteiger partial charge < -0.3 is 14.8 Å². The van der Waals surface area contributed by atoms with Crippen molar-refractivity contribution in [3.8, 4) is 17.6 Å². The summed E-state index contributed by atoms with van der Waals surface area (Å²) >= 11 is 0. The number of carbonyl (C=O) groups excluding carboxylic acids is 2. The minimum Gasteiger partial charge on any atom is -0.493 e. The fourth-order valence-electron chi connectivity index (χ4n) is 2.60. The van der Waals surface area contributed by atoms with Crippen LogP contribution in [0.2, 0.25) is 0 Å². The second-order valence-corrected chi connectivity index (χ2v) is 6.48. The number of carbonyl (C=O) groups is 2. The summed E-state index contributed by atoms with van der Waals surface area (Å²) in [5, 5.41) is 23.0. The van der Waals surface area contributed by atoms with Gasteiger partial charge in [0.1, 0.15) is 11.6 Å². The van der Waals surface area contributed by atoms with Crippen molar-refractivity contribution in [2.45, 2.75) is 20.3 Å². The summed E-state index contributed by atoms with van der Waals surface area (Å²) < 4.78 is 10.6. The quantitative estimate of drug-likeness (QED) is 0.171. The van der Waals surface area contributed by atoms with E-state index in [0.717, 1.165) is 12.5 Å². The number of hydrogen-bond acceptors (Lipinski definition) is 7. The van der Waals surface area contributed by atoms with Crippen LogP contribution in [0.25, 0.3) is 6.08 Å². The Morgan fingerprint density at radius 2 is 1.97 bits per heavy atom. The van der Waals surface area contributed by atoms with Crippen LogP contribution in [0.1, 0.15) is 34.8 Å². The molecule has 1 amide bonds. The zero-order valence-corrected chi connectivity index (χ0v) is 17.3. The van der Waals surface area contributed by atoms with Crippen molar-refractivity contribution in [3.63, 3.8) is 0 Å². The molecular formula is C22H21N3O6. The van der Waals surface area contributed by atoms with Gasteiger partial charge in [-0.1, -0.05) is 19.1 Å². The molecule has 31 heavy (non-hydrogen) atoms. The first kappa shape index (κ1) is 23.1. The standard InChI is InChI=1S/C22H21N3O6/c1-4-9-24-21(26)17(13-23)10-15-6-8-19(20(11-15)30-3)31-22(27)16-7-5-14(2)18(12-16)25(28)29/h5-8,10-12H,4,9H2,1-3H3,(H,24,26)/b17-10+. The van der Waals surface area contributed by atoms with Crippen molar-refractivity contribution in [1.82, 2.24) is 5.32 Å². The molecule has 0 heterocycles. The number of nitro benzene ring substituents is 1. The Kier molecular flexibility index (Phi) is 7.86. The maximum Gasteiger partial charge on any atom is 0.343 e. The van der Waals surface area contributed by atoms with Crippen molar-refractivity contribution >= 4 is 23.6 Å². The number of hydrogen-bond donors (Lipinski definition) is 1. The normalized spacial score (nSPS) is 10.7. The van der Waals surface area contributed by atoms with Crippen LogP contribution in [0, 0.1) is 28.4 Å². The molecule has 2 aromatic carbocycles. The van der Waals surface area contributed by atoms with Gasteiger partial charge in [-0.15, -0.1) is 0 Å². The highest BCUT2D eigenvalue weighted by Gasteiger charge is 2.18. The van der Waals surface area contributed by atoms with E-state index in [0.29, 0.717) is 17.7 Å². The van der Waals surface area contributed by atoms with Crippen LogP contribution in [0.5, 0.6) is 11.5 Å². The van der Waals surface area contributed by atoms with Crippen molar-refractivity contribution in [2.24, 2.45) is 0 Å². The number of nitrogens with zero attached hydrogens (tertiary/aromatic N) is 2. The fraction of sp³-hybridized carbons (Fsp3) is 0.227. The van der Waals surface area contributed by atoms with E-state index >= 15 is 0 Å². The monoisotopic (exact) mass is 423 g/mol. The number of amides is 1. The minimum absolute atomic E-state index is 0.0164. The zero-order valence-electron chi connectivity index (χ0n) is 17.3. The summed E-state index contributed by atoms with van der Waals surface area (Å²) in [7, 11) is 1.37. The Morgan fingerprint density at radius 3 is 2.58 bits per heavy atom. The Bertz CT molecular complexity index is 1090. The summed E-state index contributed by atoms with van der Waals surface area (Å²) in [5.41, 5.74) is 0.666. The molecule has 0 saturated heterocycles. The first-order valence-electron chi connectivity index (χ1n) is 9.36. The van der Waals surface area contributed by atoms with Crippen molar-refractivity contribution in [2.75, 3.05) is 13.7 Å². The summed E-state index contributed by atoms with van der Waals surface area (Å²) in [6.45, 7) is 3.92. The number of ether oxygens (including phenoxy) is 2. The molecule has 0 aliphatic carbocycles. The number of esters is 1. The van der Waals surface area contributed by atoms with E-state index in [1.54, 1.807) is 13.0 Å². The molecule has 1 N–H and O–H groups in total. The van der Waals surface area contributed by atoms with Gasteiger partial charge in [-0.3, -0.25) is 14.9 Å². The van der Waals surface area contributed by atoms with Crippen LogP contribution in [0.3, 0.4) is 0 Å². The lowest BCUT2D eigenvalue weighted by Gasteiger charge is -2.10. The van der Waals surface area contributed by atoms with E-state index in [1.165, 1.54) is 37.5 Å². The lowest BCUT2D eigenvalue weighted by atomic mass is 10.1. The van der Waals surface area contributed by atoms with Crippen LogP contribution in [0.15, 0.2) is 42.0 Å². The number of nitriles is 1. The maximum absolute atomic E-state index is 12.5. The molecule has 0 aliphatic heterocycles. The van der Waals surface area contributed by atoms with Gasteiger partial charge in [0, 0.05) is 18.2 Å². The Labute approximate surface area is 179 Å². The average molecular weight is 423 g/mol. The SMILES string of the molecule is CCCNC(=O)/C(C#N)=C/c1ccc(OC(=O)c2ccc(C)c([N+](=O)[O-])c2)c(OC)c1. The molecule has 0 unspecified atom stereocenters. The molecule has 0 aromatic heterocycles. The highest BCUT2D eigenvalue weighted by atomic mass is 16.6. The lowest BCUT2D eigenvalue weighted by molar-refractivity contribution is -0.385. The summed E-state index contributed by atoms with van der Waals surface area (Å²) in [6.07, 6.45) is 2.13. The Hall–Kier alpha value is -4.19. The molecule has 9 nitrogen and oxygen atoms in total. The number of aryl methyl sites for hydroxylation is 1. The van der Waals surface area contributed by atoms with Gasteiger partial charge in [0.05, 0.1) is 17.6 Å². The summed E-state index contributed by atoms with van der Waals surface area (Å²) in [4.78, 5) is 35.0. The maximum atomic E-state index is 12.5. The van der Waals surface area contributed by atoms with Gasteiger partial charge >= 0.3 is 5.97 Å². The van der Waals surface area contributed by atoms with Gasteiger partial charge in [-0.25, -0.2) is 4.79 Å². The third-order valence-electron chi connectivity index (χ3n) is 4.24. The topological polar surface area (TPSA) is 132 Å². The molecule has 160 valence electrons. The van der Waals surface area contributed by atoms with E-state index in [9.17, 15) is 25.0 Å². The fourth-order valence-corrected chi connectivity index (χ4v) is 2.60. The number of methoxy groups -OCH3 is 1. The van der Waals surface area contributed by atoms with E-state index in [1.807, 2.05) is 13.0 Å². The molecule has 2 rings (SSSR count). The molecule has 2 aromatic rings. The van der Waals surface area contributed by atoms with Crippen molar-refractivity contribution in [3.05, 3.63) is 68.8 Å². The molecule has 9 heteroatoms. The Morgan fingerprint density at radius 1 is 1.23 bits per heavy atom. The smallest absolute Gasteiger partial charge is 0.343 e. The van der Waals surface area contributed by atoms with Crippen LogP contribution in [-0.2, 0) is 4.79 Å². The highest BCUT2D eigenvalue weighted by molar-refractivity contribution is 6.01. The van der Waals surface area contributed by atoms with Crippen LogP contribution < -0.4 is 14.8 Å². The Balaban J connectivity index is 2.28. The van der Waals surface area contributed by atoms with Gasteiger partial charge in [0.25, 0.3) is 11.6 Å². The molecule has 0 aliphatic rings. The molecule has 0 atom stereocenters. The zero-order chi connectivity index (χ0) is 23.0. The van der Waals surface area contributed by atoms with Crippen LogP contribution >= 0.6 is 0 Å². The van der Waals surface area contributed by atoms with E-state index in [2.05, 4.69) is 5.32 Å². The lowest BCUT2D eigenvalue weighted by Crippen LogP contribution is -2.25. The van der Waals surface area contributed by atoms with E-state index < -0.39 is 16.8 Å². The molecular weight excluding hydrogens is 402 g/mol. The van der Waals surface area contributed by atoms with Gasteiger partial charge in [0.15, 0.2) is 11.5 Å². The summed E-state index contributed by atoms with van der Waals surface area (Å²) in [5.74, 6) is -1.00. The number of rotatable bonds is 8. The van der Waals surface area contributed by atoms with Crippen LogP contribution in [-0.4, -0.2) is 30.5 Å². The molecule has 0 spiro atoms. The van der Waals surface area contributed by atoms with Gasteiger partial charge in [-0.2, -0.15) is 5.26 Å².